The maximum atomic E-state index is 13.1. The number of hydrogen-bond acceptors (Lipinski definition) is 6. The average Bonchev–Trinajstić information content (AvgIpc) is 3.37. The van der Waals surface area contributed by atoms with Crippen LogP contribution < -0.4 is 5.43 Å². The van der Waals surface area contributed by atoms with Crippen molar-refractivity contribution in [3.05, 3.63) is 118 Å². The molecule has 8 nitrogen and oxygen atoms in total. The van der Waals surface area contributed by atoms with Crippen molar-refractivity contribution >= 4 is 28.7 Å². The third-order valence-electron chi connectivity index (χ3n) is 5.63. The molecule has 0 radical (unpaired) electrons. The van der Waals surface area contributed by atoms with E-state index >= 15 is 0 Å². The summed E-state index contributed by atoms with van der Waals surface area (Å²) in [6, 6.07) is 27.0. The van der Waals surface area contributed by atoms with E-state index in [4.69, 9.17) is 9.40 Å². The second-order valence-corrected chi connectivity index (χ2v) is 8.12. The Balaban J connectivity index is 1.39. The van der Waals surface area contributed by atoms with Gasteiger partial charge in [-0.25, -0.2) is 10.4 Å². The molecule has 2 aromatic heterocycles. The lowest BCUT2D eigenvalue weighted by molar-refractivity contribution is -0.384. The summed E-state index contributed by atoms with van der Waals surface area (Å²) in [4.78, 5) is 28.7. The van der Waals surface area contributed by atoms with Gasteiger partial charge >= 0.3 is 0 Å². The van der Waals surface area contributed by atoms with Crippen LogP contribution in [-0.2, 0) is 0 Å². The van der Waals surface area contributed by atoms with E-state index in [1.165, 1.54) is 12.3 Å². The fourth-order valence-electron chi connectivity index (χ4n) is 3.90. The molecule has 0 spiro atoms. The fourth-order valence-corrected chi connectivity index (χ4v) is 3.90. The SMILES string of the molecule is Cc1ccc(-c2ccc(/C=N\NC(=O)c3cc(-c4ccccc4)nc4ccccc34)o2)c([N+](=O)[O-])c1. The van der Waals surface area contributed by atoms with E-state index in [9.17, 15) is 14.9 Å². The Hall–Kier alpha value is -5.11. The van der Waals surface area contributed by atoms with Gasteiger partial charge in [0.2, 0.25) is 0 Å². The number of nitro benzene ring substituents is 1. The van der Waals surface area contributed by atoms with Crippen LogP contribution in [0.1, 0.15) is 21.7 Å². The molecule has 3 aromatic carbocycles. The summed E-state index contributed by atoms with van der Waals surface area (Å²) in [5, 5.41) is 16.2. The van der Waals surface area contributed by atoms with Gasteiger partial charge in [-0.05, 0) is 42.8 Å². The Morgan fingerprint density at radius 2 is 1.78 bits per heavy atom. The Morgan fingerprint density at radius 3 is 2.58 bits per heavy atom. The summed E-state index contributed by atoms with van der Waals surface area (Å²) >= 11 is 0. The normalized spacial score (nSPS) is 11.1. The van der Waals surface area contributed by atoms with Crippen LogP contribution in [0.4, 0.5) is 5.69 Å². The van der Waals surface area contributed by atoms with E-state index < -0.39 is 10.8 Å². The predicted molar refractivity (Wildman–Crippen MR) is 138 cm³/mol. The summed E-state index contributed by atoms with van der Waals surface area (Å²) in [7, 11) is 0. The highest BCUT2D eigenvalue weighted by Crippen LogP contribution is 2.31. The van der Waals surface area contributed by atoms with Gasteiger partial charge in [0, 0.05) is 17.0 Å². The third-order valence-corrected chi connectivity index (χ3v) is 5.63. The second-order valence-electron chi connectivity index (χ2n) is 8.12. The number of fused-ring (bicyclic) bond motifs is 1. The molecule has 2 heterocycles. The van der Waals surface area contributed by atoms with Gasteiger partial charge in [-0.2, -0.15) is 5.10 Å². The first-order valence-electron chi connectivity index (χ1n) is 11.1. The Bertz CT molecular complexity index is 1620. The number of furan rings is 1. The fraction of sp³-hybridized carbons (Fsp3) is 0.0357. The number of amides is 1. The largest absolute Gasteiger partial charge is 0.455 e. The Labute approximate surface area is 206 Å². The number of pyridine rings is 1. The number of hydrazone groups is 1. The van der Waals surface area contributed by atoms with E-state index in [-0.39, 0.29) is 5.69 Å². The van der Waals surface area contributed by atoms with Gasteiger partial charge in [0.1, 0.15) is 11.5 Å². The maximum absolute atomic E-state index is 13.1. The molecule has 0 saturated heterocycles. The van der Waals surface area contributed by atoms with Crippen molar-refractivity contribution in [1.29, 1.82) is 0 Å². The second kappa shape index (κ2) is 9.63. The first-order valence-corrected chi connectivity index (χ1v) is 11.1. The third kappa shape index (κ3) is 4.60. The highest BCUT2D eigenvalue weighted by atomic mass is 16.6. The molecule has 0 aliphatic heterocycles. The molecule has 0 bridgehead atoms. The molecular weight excluding hydrogens is 456 g/mol. The first-order chi connectivity index (χ1) is 17.5. The van der Waals surface area contributed by atoms with E-state index in [1.807, 2.05) is 54.6 Å². The number of nitrogens with one attached hydrogen (secondary N) is 1. The maximum Gasteiger partial charge on any atom is 0.280 e. The zero-order valence-electron chi connectivity index (χ0n) is 19.2. The molecule has 0 unspecified atom stereocenters. The van der Waals surface area contributed by atoms with Crippen molar-refractivity contribution in [1.82, 2.24) is 10.4 Å². The molecule has 176 valence electrons. The lowest BCUT2D eigenvalue weighted by atomic mass is 10.0. The van der Waals surface area contributed by atoms with Crippen LogP contribution in [0.15, 0.2) is 101 Å². The van der Waals surface area contributed by atoms with E-state index in [2.05, 4.69) is 10.5 Å². The van der Waals surface area contributed by atoms with Gasteiger partial charge in [0.25, 0.3) is 11.6 Å². The number of nitrogens with zero attached hydrogens (tertiary/aromatic N) is 3. The summed E-state index contributed by atoms with van der Waals surface area (Å²) in [5.41, 5.74) is 6.35. The van der Waals surface area contributed by atoms with Crippen molar-refractivity contribution in [3.8, 4) is 22.6 Å². The zero-order chi connectivity index (χ0) is 25.1. The van der Waals surface area contributed by atoms with E-state index in [1.54, 1.807) is 37.3 Å². The summed E-state index contributed by atoms with van der Waals surface area (Å²) in [5.74, 6) is 0.273. The zero-order valence-corrected chi connectivity index (χ0v) is 19.2. The van der Waals surface area contributed by atoms with Crippen LogP contribution in [0, 0.1) is 17.0 Å². The number of rotatable bonds is 6. The van der Waals surface area contributed by atoms with Crippen LogP contribution in [0.5, 0.6) is 0 Å². The standard InChI is InChI=1S/C28H20N4O4/c1-18-11-13-22(26(15-18)32(34)35)27-14-12-20(36-27)17-29-31-28(33)23-16-25(19-7-3-2-4-8-19)30-24-10-6-5-9-21(23)24/h2-17H,1H3,(H,31,33)/b29-17-. The Kier molecular flexibility index (Phi) is 6.07. The minimum Gasteiger partial charge on any atom is -0.455 e. The summed E-state index contributed by atoms with van der Waals surface area (Å²) in [6.07, 6.45) is 1.35. The Morgan fingerprint density at radius 1 is 1.00 bits per heavy atom. The predicted octanol–water partition coefficient (Wildman–Crippen LogP) is 6.14. The van der Waals surface area contributed by atoms with Crippen molar-refractivity contribution < 1.29 is 14.1 Å². The molecule has 5 rings (SSSR count). The van der Waals surface area contributed by atoms with Crippen LogP contribution in [0.25, 0.3) is 33.5 Å². The number of carbonyl (C=O) groups excluding carboxylic acids is 1. The van der Waals surface area contributed by atoms with Gasteiger partial charge in [-0.15, -0.1) is 0 Å². The van der Waals surface area contributed by atoms with Crippen molar-refractivity contribution in [2.45, 2.75) is 6.92 Å². The average molecular weight is 476 g/mol. The van der Waals surface area contributed by atoms with E-state index in [0.717, 1.165) is 11.1 Å². The smallest absolute Gasteiger partial charge is 0.280 e. The minimum absolute atomic E-state index is 0.0417. The molecule has 8 heteroatoms. The number of aromatic nitrogens is 1. The monoisotopic (exact) mass is 476 g/mol. The molecule has 5 aromatic rings. The summed E-state index contributed by atoms with van der Waals surface area (Å²) in [6.45, 7) is 1.79. The van der Waals surface area contributed by atoms with Crippen molar-refractivity contribution in [2.75, 3.05) is 0 Å². The van der Waals surface area contributed by atoms with E-state index in [0.29, 0.717) is 39.2 Å². The number of benzene rings is 3. The lowest BCUT2D eigenvalue weighted by Gasteiger charge is -2.09. The number of carbonyl (C=O) groups is 1. The molecule has 0 aliphatic carbocycles. The lowest BCUT2D eigenvalue weighted by Crippen LogP contribution is -2.18. The highest BCUT2D eigenvalue weighted by molar-refractivity contribution is 6.07. The molecule has 0 aliphatic rings. The molecule has 1 N–H and O–H groups in total. The van der Waals surface area contributed by atoms with Crippen LogP contribution >= 0.6 is 0 Å². The summed E-state index contributed by atoms with van der Waals surface area (Å²) < 4.78 is 5.72. The van der Waals surface area contributed by atoms with Gasteiger partial charge in [-0.1, -0.05) is 54.6 Å². The van der Waals surface area contributed by atoms with Crippen molar-refractivity contribution in [2.24, 2.45) is 5.10 Å². The minimum atomic E-state index is -0.443. The number of hydrogen-bond donors (Lipinski definition) is 1. The highest BCUT2D eigenvalue weighted by Gasteiger charge is 2.18. The van der Waals surface area contributed by atoms with Gasteiger partial charge in [0.05, 0.1) is 33.5 Å². The molecule has 0 fully saturated rings. The number of nitro groups is 1. The van der Waals surface area contributed by atoms with Gasteiger partial charge in [-0.3, -0.25) is 14.9 Å². The van der Waals surface area contributed by atoms with Crippen LogP contribution in [0.2, 0.25) is 0 Å². The number of para-hydroxylation sites is 1. The van der Waals surface area contributed by atoms with Crippen LogP contribution in [-0.4, -0.2) is 22.0 Å². The van der Waals surface area contributed by atoms with Gasteiger partial charge in [0.15, 0.2) is 0 Å². The molecule has 1 amide bonds. The molecule has 36 heavy (non-hydrogen) atoms. The van der Waals surface area contributed by atoms with Gasteiger partial charge < -0.3 is 4.42 Å². The topological polar surface area (TPSA) is 111 Å². The number of aryl methyl sites for hydroxylation is 1. The van der Waals surface area contributed by atoms with Crippen LogP contribution in [0.3, 0.4) is 0 Å². The molecular formula is C28H20N4O4. The van der Waals surface area contributed by atoms with Crippen molar-refractivity contribution in [3.63, 3.8) is 0 Å². The molecule has 0 saturated carbocycles. The quantitative estimate of drug-likeness (QED) is 0.180. The first kappa shape index (κ1) is 22.7. The molecule has 0 atom stereocenters.